The van der Waals surface area contributed by atoms with Gasteiger partial charge in [-0.2, -0.15) is 13.2 Å². The molecule has 1 rings (SSSR count). The molecule has 10 heteroatoms. The molecule has 0 bridgehead atoms. The molecule has 0 spiro atoms. The van der Waals surface area contributed by atoms with Crippen LogP contribution in [0.15, 0.2) is 18.2 Å². The Balaban J connectivity index is 3.12. The monoisotopic (exact) mass is 337 g/mol. The summed E-state index contributed by atoms with van der Waals surface area (Å²) < 4.78 is 42.8. The molecule has 0 aliphatic rings. The Morgan fingerprint density at radius 1 is 1.35 bits per heavy atom. The number of nitro groups is 1. The number of esters is 1. The Hall–Kier alpha value is -2.20. The zero-order chi connectivity index (χ0) is 17.8. The van der Waals surface area contributed by atoms with Crippen molar-refractivity contribution in [2.45, 2.75) is 31.7 Å². The number of carbonyl (C=O) groups excluding carboxylic acids is 1. The second-order valence-electron chi connectivity index (χ2n) is 4.59. The zero-order valence-corrected chi connectivity index (χ0v) is 11.9. The summed E-state index contributed by atoms with van der Waals surface area (Å²) in [5, 5.41) is 30.3. The van der Waals surface area contributed by atoms with Crippen LogP contribution in [-0.4, -0.2) is 33.8 Å². The number of aliphatic hydroxyl groups excluding tert-OH is 2. The minimum atomic E-state index is -4.87. The Labute approximate surface area is 128 Å². The predicted octanol–water partition coefficient (Wildman–Crippen LogP) is 1.96. The first-order chi connectivity index (χ1) is 10.6. The van der Waals surface area contributed by atoms with Crippen molar-refractivity contribution >= 4 is 11.7 Å². The minimum Gasteiger partial charge on any atom is -0.466 e. The Morgan fingerprint density at radius 3 is 2.43 bits per heavy atom. The molecule has 7 nitrogen and oxygen atoms in total. The minimum absolute atomic E-state index is 0.0245. The molecule has 2 N–H and O–H groups in total. The largest absolute Gasteiger partial charge is 0.466 e. The van der Waals surface area contributed by atoms with E-state index in [9.17, 15) is 38.3 Å². The first-order valence-electron chi connectivity index (χ1n) is 6.44. The molecule has 0 saturated heterocycles. The van der Waals surface area contributed by atoms with Gasteiger partial charge in [-0.05, 0) is 18.6 Å². The van der Waals surface area contributed by atoms with Crippen molar-refractivity contribution in [2.24, 2.45) is 0 Å². The molecule has 0 heterocycles. The highest BCUT2D eigenvalue weighted by atomic mass is 19.4. The molecule has 23 heavy (non-hydrogen) atoms. The number of hydrogen-bond donors (Lipinski definition) is 2. The number of non-ortho nitro benzene ring substituents is 1. The molecule has 0 aliphatic carbocycles. The van der Waals surface area contributed by atoms with Gasteiger partial charge in [0.2, 0.25) is 0 Å². The molecular formula is C13H14F3NO6. The lowest BCUT2D eigenvalue weighted by atomic mass is 9.99. The van der Waals surface area contributed by atoms with Crippen molar-refractivity contribution in [1.29, 1.82) is 0 Å². The average Bonchev–Trinajstić information content (AvgIpc) is 2.45. The fraction of sp³-hybridized carbons (Fsp3) is 0.462. The van der Waals surface area contributed by atoms with Crippen LogP contribution in [0.5, 0.6) is 0 Å². The molecule has 1 aromatic rings. The summed E-state index contributed by atoms with van der Waals surface area (Å²) in [5.41, 5.74) is -2.76. The summed E-state index contributed by atoms with van der Waals surface area (Å²) in [6.45, 7) is 1.54. The zero-order valence-electron chi connectivity index (χ0n) is 11.9. The van der Waals surface area contributed by atoms with Gasteiger partial charge in [0.25, 0.3) is 5.69 Å². The lowest BCUT2D eigenvalue weighted by molar-refractivity contribution is -0.385. The molecule has 2 unspecified atom stereocenters. The van der Waals surface area contributed by atoms with Crippen molar-refractivity contribution < 1.29 is 37.8 Å². The van der Waals surface area contributed by atoms with Crippen LogP contribution < -0.4 is 0 Å². The summed E-state index contributed by atoms with van der Waals surface area (Å²) in [5.74, 6) is -0.861. The Kier molecular flexibility index (Phi) is 6.05. The van der Waals surface area contributed by atoms with E-state index in [-0.39, 0.29) is 6.61 Å². The van der Waals surface area contributed by atoms with E-state index in [4.69, 9.17) is 0 Å². The molecule has 2 atom stereocenters. The van der Waals surface area contributed by atoms with E-state index in [1.807, 2.05) is 0 Å². The van der Waals surface area contributed by atoms with Crippen LogP contribution in [0.4, 0.5) is 18.9 Å². The van der Waals surface area contributed by atoms with Crippen LogP contribution in [0.1, 0.15) is 30.6 Å². The maximum Gasteiger partial charge on any atom is 0.416 e. The van der Waals surface area contributed by atoms with Gasteiger partial charge in [0.15, 0.2) is 0 Å². The number of benzene rings is 1. The number of nitro benzene ring substituents is 1. The van der Waals surface area contributed by atoms with Gasteiger partial charge in [0.1, 0.15) is 6.10 Å². The van der Waals surface area contributed by atoms with Gasteiger partial charge in [-0.25, -0.2) is 0 Å². The first-order valence-corrected chi connectivity index (χ1v) is 6.44. The van der Waals surface area contributed by atoms with E-state index >= 15 is 0 Å². The van der Waals surface area contributed by atoms with E-state index in [0.717, 1.165) is 0 Å². The van der Waals surface area contributed by atoms with E-state index in [1.54, 1.807) is 0 Å². The summed E-state index contributed by atoms with van der Waals surface area (Å²) in [4.78, 5) is 20.9. The van der Waals surface area contributed by atoms with Crippen LogP contribution in [0, 0.1) is 10.1 Å². The number of rotatable bonds is 6. The number of carbonyl (C=O) groups is 1. The Morgan fingerprint density at radius 2 is 1.96 bits per heavy atom. The molecule has 128 valence electrons. The second kappa shape index (κ2) is 7.38. The third-order valence-corrected chi connectivity index (χ3v) is 2.87. The van der Waals surface area contributed by atoms with Gasteiger partial charge in [-0.3, -0.25) is 14.9 Å². The first kappa shape index (κ1) is 18.8. The highest BCUT2D eigenvalue weighted by Crippen LogP contribution is 2.34. The topological polar surface area (TPSA) is 110 Å². The van der Waals surface area contributed by atoms with E-state index in [0.29, 0.717) is 18.2 Å². The molecule has 1 aromatic carbocycles. The van der Waals surface area contributed by atoms with E-state index in [1.165, 1.54) is 6.92 Å². The molecule has 0 radical (unpaired) electrons. The van der Waals surface area contributed by atoms with E-state index in [2.05, 4.69) is 4.74 Å². The summed E-state index contributed by atoms with van der Waals surface area (Å²) in [7, 11) is 0. The second-order valence-corrected chi connectivity index (χ2v) is 4.59. The van der Waals surface area contributed by atoms with Crippen LogP contribution in [-0.2, 0) is 15.7 Å². The molecule has 0 amide bonds. The quantitative estimate of drug-likeness (QED) is 0.466. The van der Waals surface area contributed by atoms with Crippen molar-refractivity contribution in [2.75, 3.05) is 6.61 Å². The van der Waals surface area contributed by atoms with Gasteiger partial charge in [-0.15, -0.1) is 0 Å². The normalized spacial score (nSPS) is 14.2. The molecule has 0 saturated carbocycles. The summed E-state index contributed by atoms with van der Waals surface area (Å²) in [6.07, 6.45) is -9.22. The average molecular weight is 337 g/mol. The number of aliphatic hydroxyl groups is 2. The SMILES string of the molecule is CCOC(=O)CC(O)C(O)c1cc([N+](=O)[O-])cc(C(F)(F)F)c1. The van der Waals surface area contributed by atoms with Gasteiger partial charge in [0, 0.05) is 12.1 Å². The van der Waals surface area contributed by atoms with E-state index < -0.39 is 52.5 Å². The maximum absolute atomic E-state index is 12.7. The molecule has 0 fully saturated rings. The lowest BCUT2D eigenvalue weighted by Gasteiger charge is -2.18. The number of hydrogen-bond acceptors (Lipinski definition) is 6. The van der Waals surface area contributed by atoms with Gasteiger partial charge in [-0.1, -0.05) is 0 Å². The highest BCUT2D eigenvalue weighted by molar-refractivity contribution is 5.70. The van der Waals surface area contributed by atoms with Crippen molar-refractivity contribution in [1.82, 2.24) is 0 Å². The van der Waals surface area contributed by atoms with Crippen molar-refractivity contribution in [3.63, 3.8) is 0 Å². The summed E-state index contributed by atoms with van der Waals surface area (Å²) >= 11 is 0. The maximum atomic E-state index is 12.7. The standard InChI is InChI=1S/C13H14F3NO6/c1-2-23-11(19)6-10(18)12(20)7-3-8(13(14,15)16)5-9(4-7)17(21)22/h3-5,10,12,18,20H,2,6H2,1H3. The van der Waals surface area contributed by atoms with Crippen LogP contribution in [0.25, 0.3) is 0 Å². The van der Waals surface area contributed by atoms with Gasteiger partial charge < -0.3 is 14.9 Å². The smallest absolute Gasteiger partial charge is 0.416 e. The van der Waals surface area contributed by atoms with Gasteiger partial charge >= 0.3 is 12.1 Å². The third kappa shape index (κ3) is 5.18. The van der Waals surface area contributed by atoms with Gasteiger partial charge in [0.05, 0.1) is 29.6 Å². The van der Waals surface area contributed by atoms with Crippen LogP contribution in [0.3, 0.4) is 0 Å². The molecular weight excluding hydrogens is 323 g/mol. The third-order valence-electron chi connectivity index (χ3n) is 2.87. The number of halogens is 3. The number of ether oxygens (including phenoxy) is 1. The molecule has 0 aliphatic heterocycles. The Bertz CT molecular complexity index is 590. The fourth-order valence-electron chi connectivity index (χ4n) is 1.80. The fourth-order valence-corrected chi connectivity index (χ4v) is 1.80. The van der Waals surface area contributed by atoms with Crippen LogP contribution in [0.2, 0.25) is 0 Å². The van der Waals surface area contributed by atoms with Crippen LogP contribution >= 0.6 is 0 Å². The number of nitrogens with zero attached hydrogens (tertiary/aromatic N) is 1. The molecule has 0 aromatic heterocycles. The summed E-state index contributed by atoms with van der Waals surface area (Å²) in [6, 6.07) is 1.49. The van der Waals surface area contributed by atoms with Crippen molar-refractivity contribution in [3.8, 4) is 0 Å². The predicted molar refractivity (Wildman–Crippen MR) is 70.3 cm³/mol. The highest BCUT2D eigenvalue weighted by Gasteiger charge is 2.34. The van der Waals surface area contributed by atoms with Crippen molar-refractivity contribution in [3.05, 3.63) is 39.4 Å². The lowest BCUT2D eigenvalue weighted by Crippen LogP contribution is -2.23. The number of alkyl halides is 3.